The van der Waals surface area contributed by atoms with E-state index in [0.29, 0.717) is 5.02 Å². The highest BCUT2D eigenvalue weighted by Crippen LogP contribution is 2.29. The summed E-state index contributed by atoms with van der Waals surface area (Å²) in [6, 6.07) is 28.1. The van der Waals surface area contributed by atoms with Gasteiger partial charge in [-0.2, -0.15) is 0 Å². The number of aryl methyl sites for hydroxylation is 3. The molecule has 1 fully saturated rings. The molecule has 0 spiro atoms. The SMILES string of the molecule is Cc1ccc(S(=O)(=O)N(CC(=O)N(Cc2cccc(C)c2)[C@@H](Cc2ccccc2)C(=O)NC2CCCCC2)c2ccc(C)c(Cl)c2)cc1. The summed E-state index contributed by atoms with van der Waals surface area (Å²) < 4.78 is 29.7. The van der Waals surface area contributed by atoms with E-state index < -0.39 is 28.5 Å². The van der Waals surface area contributed by atoms with Gasteiger partial charge in [-0.1, -0.05) is 115 Å². The van der Waals surface area contributed by atoms with Crippen LogP contribution in [0.1, 0.15) is 59.9 Å². The predicted octanol–water partition coefficient (Wildman–Crippen LogP) is 7.55. The third-order valence-corrected chi connectivity index (χ3v) is 11.2. The van der Waals surface area contributed by atoms with Gasteiger partial charge in [-0.3, -0.25) is 13.9 Å². The van der Waals surface area contributed by atoms with Crippen LogP contribution in [0.25, 0.3) is 0 Å². The summed E-state index contributed by atoms with van der Waals surface area (Å²) in [7, 11) is -4.21. The topological polar surface area (TPSA) is 86.8 Å². The van der Waals surface area contributed by atoms with E-state index in [1.54, 1.807) is 35.2 Å². The first-order valence-electron chi connectivity index (χ1n) is 16.6. The summed E-state index contributed by atoms with van der Waals surface area (Å²) in [5.41, 5.74) is 4.72. The van der Waals surface area contributed by atoms with Crippen LogP contribution < -0.4 is 9.62 Å². The van der Waals surface area contributed by atoms with Gasteiger partial charge in [0.15, 0.2) is 0 Å². The maximum Gasteiger partial charge on any atom is 0.264 e. The van der Waals surface area contributed by atoms with Gasteiger partial charge in [0.2, 0.25) is 11.8 Å². The van der Waals surface area contributed by atoms with Crippen molar-refractivity contribution in [1.82, 2.24) is 10.2 Å². The van der Waals surface area contributed by atoms with Crippen LogP contribution in [0.3, 0.4) is 0 Å². The predicted molar refractivity (Wildman–Crippen MR) is 193 cm³/mol. The minimum Gasteiger partial charge on any atom is -0.352 e. The van der Waals surface area contributed by atoms with Gasteiger partial charge >= 0.3 is 0 Å². The smallest absolute Gasteiger partial charge is 0.264 e. The maximum atomic E-state index is 14.7. The van der Waals surface area contributed by atoms with Crippen LogP contribution >= 0.6 is 11.6 Å². The minimum atomic E-state index is -4.21. The number of hydrogen-bond acceptors (Lipinski definition) is 4. The Bertz CT molecular complexity index is 1820. The molecule has 9 heteroatoms. The number of nitrogens with zero attached hydrogens (tertiary/aromatic N) is 2. The lowest BCUT2D eigenvalue weighted by Crippen LogP contribution is -2.55. The van der Waals surface area contributed by atoms with Crippen LogP contribution in [-0.4, -0.2) is 43.8 Å². The van der Waals surface area contributed by atoms with Crippen LogP contribution in [-0.2, 0) is 32.6 Å². The van der Waals surface area contributed by atoms with E-state index in [9.17, 15) is 18.0 Å². The molecule has 252 valence electrons. The largest absolute Gasteiger partial charge is 0.352 e. The zero-order valence-corrected chi connectivity index (χ0v) is 29.4. The first-order chi connectivity index (χ1) is 23.0. The molecule has 0 aromatic heterocycles. The second-order valence-electron chi connectivity index (χ2n) is 12.8. The molecule has 7 nitrogen and oxygen atoms in total. The Morgan fingerprint density at radius 2 is 1.50 bits per heavy atom. The van der Waals surface area contributed by atoms with Crippen molar-refractivity contribution < 1.29 is 18.0 Å². The first-order valence-corrected chi connectivity index (χ1v) is 18.4. The lowest BCUT2D eigenvalue weighted by molar-refractivity contribution is -0.140. The third-order valence-electron chi connectivity index (χ3n) is 8.99. The fourth-order valence-electron chi connectivity index (χ4n) is 6.21. The number of sulfonamides is 1. The normalized spacial score (nSPS) is 14.2. The highest BCUT2D eigenvalue weighted by molar-refractivity contribution is 7.92. The van der Waals surface area contributed by atoms with Crippen molar-refractivity contribution >= 4 is 39.1 Å². The number of anilines is 1. The Hall–Kier alpha value is -4.14. The van der Waals surface area contributed by atoms with Crippen LogP contribution in [0.5, 0.6) is 0 Å². The molecule has 0 saturated heterocycles. The molecule has 2 amide bonds. The van der Waals surface area contributed by atoms with E-state index in [2.05, 4.69) is 5.32 Å². The monoisotopic (exact) mass is 685 g/mol. The maximum absolute atomic E-state index is 14.7. The molecular formula is C39H44ClN3O4S. The number of amides is 2. The Kier molecular flexibility index (Phi) is 11.6. The van der Waals surface area contributed by atoms with E-state index in [1.165, 1.54) is 12.1 Å². The minimum absolute atomic E-state index is 0.0357. The highest BCUT2D eigenvalue weighted by atomic mass is 35.5. The zero-order valence-electron chi connectivity index (χ0n) is 27.9. The van der Waals surface area contributed by atoms with Crippen LogP contribution in [0.4, 0.5) is 5.69 Å². The van der Waals surface area contributed by atoms with Crippen molar-refractivity contribution in [3.05, 3.63) is 130 Å². The molecule has 1 aliphatic carbocycles. The quantitative estimate of drug-likeness (QED) is 0.167. The van der Waals surface area contributed by atoms with E-state index in [4.69, 9.17) is 11.6 Å². The van der Waals surface area contributed by atoms with Crippen molar-refractivity contribution in [3.63, 3.8) is 0 Å². The average molecular weight is 686 g/mol. The molecule has 1 N–H and O–H groups in total. The fourth-order valence-corrected chi connectivity index (χ4v) is 7.79. The molecule has 4 aromatic carbocycles. The Morgan fingerprint density at radius 3 is 2.17 bits per heavy atom. The van der Waals surface area contributed by atoms with Gasteiger partial charge in [0.05, 0.1) is 10.6 Å². The zero-order chi connectivity index (χ0) is 34.3. The Balaban J connectivity index is 1.58. The number of halogens is 1. The summed E-state index contributed by atoms with van der Waals surface area (Å²) >= 11 is 6.50. The average Bonchev–Trinajstić information content (AvgIpc) is 3.07. The molecule has 0 heterocycles. The number of rotatable bonds is 12. The summed E-state index contributed by atoms with van der Waals surface area (Å²) in [4.78, 5) is 30.6. The standard InChI is InChI=1S/C39H44ClN3O4S/c1-28-17-21-35(22-18-28)48(46,47)43(34-20-19-30(3)36(40)25-34)27-38(44)42(26-32-14-10-11-29(2)23-32)37(24-31-12-6-4-7-13-31)39(45)41-33-15-8-5-9-16-33/h4,6-7,10-14,17-23,25,33,37H,5,8-9,15-16,24,26-27H2,1-3H3,(H,41,45)/t37-/m0/s1. The van der Waals surface area contributed by atoms with Gasteiger partial charge in [-0.25, -0.2) is 8.42 Å². The van der Waals surface area contributed by atoms with Crippen molar-refractivity contribution in [2.24, 2.45) is 0 Å². The molecule has 0 radical (unpaired) electrons. The molecule has 0 unspecified atom stereocenters. The molecular weight excluding hydrogens is 642 g/mol. The molecule has 0 bridgehead atoms. The molecule has 48 heavy (non-hydrogen) atoms. The second-order valence-corrected chi connectivity index (χ2v) is 15.1. The van der Waals surface area contributed by atoms with E-state index >= 15 is 0 Å². The number of benzene rings is 4. The fraction of sp³-hybridized carbons (Fsp3) is 0.333. The first kappa shape index (κ1) is 35.2. The van der Waals surface area contributed by atoms with Gasteiger partial charge in [0.1, 0.15) is 12.6 Å². The lowest BCUT2D eigenvalue weighted by atomic mass is 9.94. The molecule has 1 aliphatic rings. The highest BCUT2D eigenvalue weighted by Gasteiger charge is 2.35. The molecule has 4 aromatic rings. The van der Waals surface area contributed by atoms with Crippen LogP contribution in [0.15, 0.2) is 102 Å². The van der Waals surface area contributed by atoms with Crippen LogP contribution in [0, 0.1) is 20.8 Å². The van der Waals surface area contributed by atoms with Crippen molar-refractivity contribution in [2.45, 2.75) is 82.8 Å². The number of carbonyl (C=O) groups is 2. The second kappa shape index (κ2) is 15.8. The van der Waals surface area contributed by atoms with Crippen molar-refractivity contribution in [2.75, 3.05) is 10.8 Å². The molecule has 1 saturated carbocycles. The van der Waals surface area contributed by atoms with E-state index in [1.807, 2.05) is 75.4 Å². The van der Waals surface area contributed by atoms with Gasteiger partial charge in [0.25, 0.3) is 10.0 Å². The molecule has 0 aliphatic heterocycles. The van der Waals surface area contributed by atoms with Gasteiger partial charge in [0, 0.05) is 24.0 Å². The Labute approximate surface area is 290 Å². The van der Waals surface area contributed by atoms with E-state index in [-0.39, 0.29) is 35.5 Å². The lowest BCUT2D eigenvalue weighted by Gasteiger charge is -2.35. The molecule has 1 atom stereocenters. The van der Waals surface area contributed by atoms with Crippen LogP contribution in [0.2, 0.25) is 5.02 Å². The van der Waals surface area contributed by atoms with Crippen molar-refractivity contribution in [3.8, 4) is 0 Å². The molecule has 5 rings (SSSR count). The number of nitrogens with one attached hydrogen (secondary N) is 1. The van der Waals surface area contributed by atoms with E-state index in [0.717, 1.165) is 64.2 Å². The van der Waals surface area contributed by atoms with Crippen molar-refractivity contribution in [1.29, 1.82) is 0 Å². The number of hydrogen-bond donors (Lipinski definition) is 1. The summed E-state index contributed by atoms with van der Waals surface area (Å²) in [6.45, 7) is 5.29. The summed E-state index contributed by atoms with van der Waals surface area (Å²) in [5, 5.41) is 3.63. The third kappa shape index (κ3) is 8.85. The Morgan fingerprint density at radius 1 is 0.812 bits per heavy atom. The van der Waals surface area contributed by atoms with Gasteiger partial charge in [-0.05, 0) is 74.6 Å². The number of carbonyl (C=O) groups excluding carboxylic acids is 2. The summed E-state index contributed by atoms with van der Waals surface area (Å²) in [5.74, 6) is -0.735. The van der Waals surface area contributed by atoms with Gasteiger partial charge < -0.3 is 10.2 Å². The van der Waals surface area contributed by atoms with Gasteiger partial charge in [-0.15, -0.1) is 0 Å². The summed E-state index contributed by atoms with van der Waals surface area (Å²) in [6.07, 6.45) is 5.30.